The summed E-state index contributed by atoms with van der Waals surface area (Å²) in [5.74, 6) is -1.17. The van der Waals surface area contributed by atoms with E-state index >= 15 is 0 Å². The molecular weight excluding hydrogens is 552 g/mol. The Morgan fingerprint density at radius 2 is 1.91 bits per heavy atom. The average Bonchev–Trinajstić information content (AvgIpc) is 3.54. The van der Waals surface area contributed by atoms with Gasteiger partial charge in [0.05, 0.1) is 18.1 Å². The van der Waals surface area contributed by atoms with Gasteiger partial charge in [-0.3, -0.25) is 4.79 Å². The molecule has 0 spiro atoms. The summed E-state index contributed by atoms with van der Waals surface area (Å²) in [6, 6.07) is 0. The van der Waals surface area contributed by atoms with Crippen LogP contribution < -0.4 is 0 Å². The van der Waals surface area contributed by atoms with Crippen LogP contribution in [0.2, 0.25) is 0 Å². The number of fused-ring (bicyclic) bond motifs is 2. The van der Waals surface area contributed by atoms with Crippen LogP contribution in [0.15, 0.2) is 35.5 Å². The fourth-order valence-corrected chi connectivity index (χ4v) is 9.98. The van der Waals surface area contributed by atoms with Crippen molar-refractivity contribution in [1.82, 2.24) is 0 Å². The van der Waals surface area contributed by atoms with Gasteiger partial charge < -0.3 is 34.0 Å². The Labute approximate surface area is 254 Å². The monoisotopic (exact) mass is 600 g/mol. The Hall–Kier alpha value is -2.33. The highest BCUT2D eigenvalue weighted by Crippen LogP contribution is 2.82. The second-order valence-electron chi connectivity index (χ2n) is 13.9. The lowest BCUT2D eigenvalue weighted by molar-refractivity contribution is -0.308. The maximum atomic E-state index is 13.7. The predicted molar refractivity (Wildman–Crippen MR) is 158 cm³/mol. The highest BCUT2D eigenvalue weighted by Gasteiger charge is 2.84. The number of aliphatic hydroxyl groups excluding tert-OH is 1. The van der Waals surface area contributed by atoms with Gasteiger partial charge in [0.15, 0.2) is 12.4 Å². The molecule has 3 saturated carbocycles. The third kappa shape index (κ3) is 4.36. The molecule has 0 aromatic rings. The summed E-state index contributed by atoms with van der Waals surface area (Å²) in [5, 5.41) is 22.7. The molecule has 0 amide bonds. The summed E-state index contributed by atoms with van der Waals surface area (Å²) in [5.41, 5.74) is -2.10. The van der Waals surface area contributed by atoms with Crippen molar-refractivity contribution in [2.75, 3.05) is 13.7 Å². The van der Waals surface area contributed by atoms with Crippen molar-refractivity contribution in [3.05, 3.63) is 35.5 Å². The molecule has 4 fully saturated rings. The van der Waals surface area contributed by atoms with E-state index in [1.165, 1.54) is 7.11 Å². The van der Waals surface area contributed by atoms with Crippen LogP contribution in [-0.4, -0.2) is 72.9 Å². The average molecular weight is 601 g/mol. The summed E-state index contributed by atoms with van der Waals surface area (Å²) in [7, 11) is 1.47. The number of aliphatic carboxylic acids is 1. The van der Waals surface area contributed by atoms with Gasteiger partial charge in [0, 0.05) is 18.1 Å². The first kappa shape index (κ1) is 32.1. The zero-order valence-electron chi connectivity index (χ0n) is 26.4. The van der Waals surface area contributed by atoms with E-state index in [9.17, 15) is 24.6 Å². The number of rotatable bonds is 10. The molecule has 0 unspecified atom stereocenters. The number of aliphatic hydroxyl groups is 1. The van der Waals surface area contributed by atoms with Crippen molar-refractivity contribution in [3.63, 3.8) is 0 Å². The van der Waals surface area contributed by atoms with Gasteiger partial charge in [0.25, 0.3) is 0 Å². The molecule has 1 aliphatic heterocycles. The minimum absolute atomic E-state index is 0.00476. The number of allylic oxidation sites excluding steroid dienone is 4. The van der Waals surface area contributed by atoms with Gasteiger partial charge in [0.1, 0.15) is 23.9 Å². The fourth-order valence-electron chi connectivity index (χ4n) is 9.98. The molecule has 0 aromatic carbocycles. The van der Waals surface area contributed by atoms with Gasteiger partial charge in [-0.05, 0) is 69.6 Å². The van der Waals surface area contributed by atoms with Crippen molar-refractivity contribution in [1.29, 1.82) is 0 Å². The summed E-state index contributed by atoms with van der Waals surface area (Å²) < 4.78 is 23.9. The van der Waals surface area contributed by atoms with Gasteiger partial charge in [-0.25, -0.2) is 4.79 Å². The first-order valence-electron chi connectivity index (χ1n) is 15.8. The molecule has 9 heteroatoms. The zero-order valence-corrected chi connectivity index (χ0v) is 26.4. The number of carbonyl (C=O) groups excluding carboxylic acids is 2. The van der Waals surface area contributed by atoms with E-state index in [2.05, 4.69) is 13.0 Å². The van der Waals surface area contributed by atoms with Crippen LogP contribution in [0.25, 0.3) is 0 Å². The molecule has 1 heterocycles. The van der Waals surface area contributed by atoms with Gasteiger partial charge in [-0.2, -0.15) is 0 Å². The third-order valence-electron chi connectivity index (χ3n) is 11.8. The standard InChI is InChI=1S/C34H48O9/c1-8-9-10-20(5)29(37)43-28-26(36)30(42-21(6)27(28)40-7)41-17-33-15-23-19(4)11-12-24(23)32(16-35)14-22(33)13-25(18(2)3)34(32,33)31(38)39/h8-10,13,16,18-19,21-24,26-28,30,36H,11-12,14-15,17H2,1-7H3,(H,38,39)/b9-8+,20-10+/t19-,21-,22-,23-,24-,26+,27-,28+,30-,32+,33+,34+/m1/s1. The van der Waals surface area contributed by atoms with Crippen molar-refractivity contribution in [3.8, 4) is 0 Å². The smallest absolute Gasteiger partial charge is 0.334 e. The number of ether oxygens (including phenoxy) is 4. The molecule has 9 nitrogen and oxygen atoms in total. The van der Waals surface area contributed by atoms with Gasteiger partial charge in [-0.15, -0.1) is 0 Å². The number of hydrogen-bond acceptors (Lipinski definition) is 8. The summed E-state index contributed by atoms with van der Waals surface area (Å²) >= 11 is 0. The van der Waals surface area contributed by atoms with E-state index in [0.29, 0.717) is 24.3 Å². The Kier molecular flexibility index (Phi) is 8.61. The Bertz CT molecular complexity index is 1220. The van der Waals surface area contributed by atoms with E-state index < -0.39 is 58.9 Å². The lowest BCUT2D eigenvalue weighted by Gasteiger charge is -2.58. The molecule has 5 aliphatic rings. The summed E-state index contributed by atoms with van der Waals surface area (Å²) in [4.78, 5) is 39.8. The van der Waals surface area contributed by atoms with E-state index in [1.807, 2.05) is 20.8 Å². The quantitative estimate of drug-likeness (QED) is 0.123. The molecule has 1 saturated heterocycles. The maximum absolute atomic E-state index is 13.7. The third-order valence-corrected chi connectivity index (χ3v) is 11.8. The number of carbonyl (C=O) groups is 3. The molecule has 238 valence electrons. The summed E-state index contributed by atoms with van der Waals surface area (Å²) in [6.45, 7) is 11.4. The molecule has 5 rings (SSSR count). The normalized spacial score (nSPS) is 45.4. The molecular formula is C34H48O9. The van der Waals surface area contributed by atoms with Crippen molar-refractivity contribution >= 4 is 18.2 Å². The number of esters is 1. The first-order chi connectivity index (χ1) is 20.4. The Balaban J connectivity index is 1.49. The van der Waals surface area contributed by atoms with Crippen molar-refractivity contribution in [2.24, 2.45) is 45.8 Å². The number of hydrogen-bond donors (Lipinski definition) is 2. The van der Waals surface area contributed by atoms with E-state index in [4.69, 9.17) is 18.9 Å². The molecule has 12 atom stereocenters. The molecule has 43 heavy (non-hydrogen) atoms. The highest BCUT2D eigenvalue weighted by atomic mass is 16.7. The van der Waals surface area contributed by atoms with Gasteiger partial charge >= 0.3 is 11.9 Å². The lowest BCUT2D eigenvalue weighted by atomic mass is 9.43. The predicted octanol–water partition coefficient (Wildman–Crippen LogP) is 4.48. The van der Waals surface area contributed by atoms with E-state index in [1.54, 1.807) is 32.1 Å². The van der Waals surface area contributed by atoms with Crippen LogP contribution in [-0.2, 0) is 33.3 Å². The topological polar surface area (TPSA) is 129 Å². The number of aldehydes is 1. The van der Waals surface area contributed by atoms with Crippen molar-refractivity contribution < 1.29 is 43.5 Å². The van der Waals surface area contributed by atoms with Crippen LogP contribution in [0.4, 0.5) is 0 Å². The lowest BCUT2D eigenvalue weighted by Crippen LogP contribution is -2.64. The van der Waals surface area contributed by atoms with Crippen LogP contribution >= 0.6 is 0 Å². The molecule has 0 radical (unpaired) electrons. The molecule has 4 aliphatic carbocycles. The SMILES string of the molecule is C/C=C/C=C(\C)C(=O)O[C@H]1[C@H](O)[C@H](OC[C@@]23C[C@@H]4[C@H](C)CC[C@H]4[C@@]4(C=O)C[C@H]2C=C(C(C)C)[C@@]34C(=O)O)O[C@H](C)[C@H]1OC. The fraction of sp³-hybridized carbons (Fsp3) is 0.735. The van der Waals surface area contributed by atoms with Crippen LogP contribution in [0, 0.1) is 45.8 Å². The van der Waals surface area contributed by atoms with E-state index in [-0.39, 0.29) is 30.3 Å². The molecule has 4 bridgehead atoms. The number of carboxylic acid groups (broad SMARTS) is 1. The zero-order chi connectivity index (χ0) is 31.5. The number of methoxy groups -OCH3 is 1. The minimum Gasteiger partial charge on any atom is -0.481 e. The number of carboxylic acids is 1. The van der Waals surface area contributed by atoms with Crippen molar-refractivity contribution in [2.45, 2.75) is 97.9 Å². The van der Waals surface area contributed by atoms with Crippen LogP contribution in [0.1, 0.15) is 67.2 Å². The highest BCUT2D eigenvalue weighted by molar-refractivity contribution is 5.90. The van der Waals surface area contributed by atoms with Crippen LogP contribution in [0.5, 0.6) is 0 Å². The minimum atomic E-state index is -1.40. The first-order valence-corrected chi connectivity index (χ1v) is 15.8. The largest absolute Gasteiger partial charge is 0.481 e. The second-order valence-corrected chi connectivity index (χ2v) is 13.9. The Morgan fingerprint density at radius 3 is 2.51 bits per heavy atom. The summed E-state index contributed by atoms with van der Waals surface area (Å²) in [6.07, 6.45) is 6.21. The van der Waals surface area contributed by atoms with Gasteiger partial charge in [-0.1, -0.05) is 57.1 Å². The van der Waals surface area contributed by atoms with E-state index in [0.717, 1.165) is 24.7 Å². The maximum Gasteiger partial charge on any atom is 0.334 e. The Morgan fingerprint density at radius 1 is 1.19 bits per heavy atom. The van der Waals surface area contributed by atoms with Crippen LogP contribution in [0.3, 0.4) is 0 Å². The molecule has 0 aromatic heterocycles. The van der Waals surface area contributed by atoms with Gasteiger partial charge in [0.2, 0.25) is 0 Å². The molecule has 2 N–H and O–H groups in total. The second kappa shape index (κ2) is 11.5.